The highest BCUT2D eigenvalue weighted by Crippen LogP contribution is 2.30. The summed E-state index contributed by atoms with van der Waals surface area (Å²) < 4.78 is 29.3. The summed E-state index contributed by atoms with van der Waals surface area (Å²) in [5.41, 5.74) is 0.649. The van der Waals surface area contributed by atoms with Gasteiger partial charge in [0.25, 0.3) is 0 Å². The van der Waals surface area contributed by atoms with Crippen molar-refractivity contribution in [1.29, 1.82) is 5.26 Å². The zero-order valence-corrected chi connectivity index (χ0v) is 20.5. The fourth-order valence-corrected chi connectivity index (χ4v) is 5.47. The van der Waals surface area contributed by atoms with Crippen LogP contribution in [0, 0.1) is 11.3 Å². The number of carbonyl (C=O) groups is 1. The maximum Gasteiger partial charge on any atom is 0.243 e. The number of thioether (sulfide) groups is 1. The number of nitriles is 1. The second kappa shape index (κ2) is 12.0. The maximum absolute atomic E-state index is 13.0. The summed E-state index contributed by atoms with van der Waals surface area (Å²) in [6.07, 6.45) is 1.07. The molecule has 1 unspecified atom stereocenters. The molecule has 1 atom stereocenters. The molecule has 174 valence electrons. The van der Waals surface area contributed by atoms with Crippen LogP contribution in [0.25, 0.3) is 11.4 Å². The number of aromatic nitrogens is 3. The summed E-state index contributed by atoms with van der Waals surface area (Å²) in [4.78, 5) is 12.2. The number of rotatable bonds is 12. The highest BCUT2D eigenvalue weighted by atomic mass is 32.2. The zero-order valence-electron chi connectivity index (χ0n) is 18.9. The summed E-state index contributed by atoms with van der Waals surface area (Å²) in [5, 5.41) is 20.5. The van der Waals surface area contributed by atoms with Gasteiger partial charge in [-0.25, -0.2) is 8.42 Å². The minimum atomic E-state index is -3.60. The number of nitrogens with one attached hydrogen (secondary N) is 1. The van der Waals surface area contributed by atoms with Crippen molar-refractivity contribution in [2.45, 2.75) is 56.6 Å². The molecule has 0 bridgehead atoms. The molecule has 1 aromatic carbocycles. The predicted octanol–water partition coefficient (Wildman–Crippen LogP) is 3.07. The fourth-order valence-electron chi connectivity index (χ4n) is 3.10. The Bertz CT molecular complexity index is 1060. The first kappa shape index (κ1) is 25.8. The quantitative estimate of drug-likeness (QED) is 0.367. The van der Waals surface area contributed by atoms with Gasteiger partial charge in [0.15, 0.2) is 11.0 Å². The van der Waals surface area contributed by atoms with Gasteiger partial charge in [0.1, 0.15) is 0 Å². The molecule has 0 saturated carbocycles. The number of nitrogens with zero attached hydrogens (tertiary/aromatic N) is 5. The first-order valence-electron chi connectivity index (χ1n) is 10.6. The van der Waals surface area contributed by atoms with E-state index in [0.717, 1.165) is 6.42 Å². The molecule has 0 aliphatic rings. The molecule has 2 rings (SSSR count). The Kier molecular flexibility index (Phi) is 9.68. The highest BCUT2D eigenvalue weighted by Gasteiger charge is 2.24. The molecule has 11 heteroatoms. The third-order valence-corrected chi connectivity index (χ3v) is 8.01. The van der Waals surface area contributed by atoms with Gasteiger partial charge in [-0.05, 0) is 25.5 Å². The van der Waals surface area contributed by atoms with Crippen molar-refractivity contribution in [2.75, 3.05) is 25.4 Å². The monoisotopic (exact) mass is 478 g/mol. The van der Waals surface area contributed by atoms with Crippen LogP contribution in [-0.2, 0) is 14.8 Å². The predicted molar refractivity (Wildman–Crippen MR) is 125 cm³/mol. The van der Waals surface area contributed by atoms with Crippen LogP contribution in [-0.4, -0.2) is 58.8 Å². The Morgan fingerprint density at radius 3 is 2.62 bits per heavy atom. The van der Waals surface area contributed by atoms with Gasteiger partial charge in [0, 0.05) is 31.2 Å². The zero-order chi connectivity index (χ0) is 23.7. The summed E-state index contributed by atoms with van der Waals surface area (Å²) in [7, 11) is -3.60. The van der Waals surface area contributed by atoms with Gasteiger partial charge in [0.05, 0.1) is 23.1 Å². The van der Waals surface area contributed by atoms with Crippen LogP contribution >= 0.6 is 11.8 Å². The second-order valence-electron chi connectivity index (χ2n) is 7.10. The van der Waals surface area contributed by atoms with Gasteiger partial charge in [-0.1, -0.05) is 44.7 Å². The Balaban J connectivity index is 2.36. The minimum Gasteiger partial charge on any atom is -0.354 e. The van der Waals surface area contributed by atoms with Gasteiger partial charge in [-0.2, -0.15) is 9.57 Å². The number of sulfonamides is 1. The normalized spacial score (nSPS) is 12.5. The first-order valence-corrected chi connectivity index (χ1v) is 13.0. The molecule has 1 aromatic heterocycles. The van der Waals surface area contributed by atoms with Crippen LogP contribution in [0.3, 0.4) is 0 Å². The van der Waals surface area contributed by atoms with Crippen LogP contribution in [0.2, 0.25) is 0 Å². The Labute approximate surface area is 194 Å². The van der Waals surface area contributed by atoms with Crippen molar-refractivity contribution in [3.05, 3.63) is 24.3 Å². The molecule has 0 aliphatic heterocycles. The Hall–Kier alpha value is -2.42. The highest BCUT2D eigenvalue weighted by molar-refractivity contribution is 7.99. The van der Waals surface area contributed by atoms with Crippen LogP contribution in [0.5, 0.6) is 0 Å². The van der Waals surface area contributed by atoms with E-state index in [1.165, 1.54) is 16.1 Å². The number of hydrogen-bond donors (Lipinski definition) is 1. The number of amides is 1. The van der Waals surface area contributed by atoms with E-state index in [4.69, 9.17) is 5.26 Å². The molecule has 0 spiro atoms. The average molecular weight is 479 g/mol. The first-order chi connectivity index (χ1) is 15.3. The van der Waals surface area contributed by atoms with Crippen LogP contribution < -0.4 is 5.32 Å². The molecule has 0 radical (unpaired) electrons. The number of carbonyl (C=O) groups excluding carboxylic acids is 1. The van der Waals surface area contributed by atoms with E-state index in [9.17, 15) is 13.2 Å². The minimum absolute atomic E-state index is 0.0483. The van der Waals surface area contributed by atoms with E-state index in [1.54, 1.807) is 18.2 Å². The van der Waals surface area contributed by atoms with E-state index < -0.39 is 10.0 Å². The molecule has 9 nitrogen and oxygen atoms in total. The lowest BCUT2D eigenvalue weighted by Gasteiger charge is -2.19. The summed E-state index contributed by atoms with van der Waals surface area (Å²) in [6.45, 7) is 8.79. The van der Waals surface area contributed by atoms with Gasteiger partial charge in [-0.15, -0.1) is 10.2 Å². The smallest absolute Gasteiger partial charge is 0.243 e. The van der Waals surface area contributed by atoms with E-state index >= 15 is 0 Å². The molecule has 1 N–H and O–H groups in total. The van der Waals surface area contributed by atoms with Crippen molar-refractivity contribution in [3.63, 3.8) is 0 Å². The van der Waals surface area contributed by atoms with Crippen molar-refractivity contribution in [1.82, 2.24) is 24.4 Å². The molecule has 0 aliphatic carbocycles. The van der Waals surface area contributed by atoms with Gasteiger partial charge < -0.3 is 5.32 Å². The lowest BCUT2D eigenvalue weighted by molar-refractivity contribution is -0.118. The molecule has 0 saturated heterocycles. The standard InChI is InChI=1S/C21H30N6O3S2/c1-5-16(4)27-20(24-25-21(27)31-15-19(28)23-13-9-12-22)17-10-8-11-18(14-17)32(29,30)26(6-2)7-3/h8,10-11,14,16H,5-7,9,13,15H2,1-4H3,(H,23,28). The summed E-state index contributed by atoms with van der Waals surface area (Å²) in [5.74, 6) is 0.525. The Morgan fingerprint density at radius 2 is 2.00 bits per heavy atom. The summed E-state index contributed by atoms with van der Waals surface area (Å²) in [6, 6.07) is 8.76. The van der Waals surface area contributed by atoms with E-state index in [-0.39, 0.29) is 29.0 Å². The third-order valence-electron chi connectivity index (χ3n) is 5.02. The van der Waals surface area contributed by atoms with Crippen molar-refractivity contribution >= 4 is 27.7 Å². The van der Waals surface area contributed by atoms with Crippen LogP contribution in [0.4, 0.5) is 0 Å². The number of hydrogen-bond acceptors (Lipinski definition) is 7. The van der Waals surface area contributed by atoms with Crippen LogP contribution in [0.1, 0.15) is 46.6 Å². The topological polar surface area (TPSA) is 121 Å². The SMILES string of the molecule is CCC(C)n1c(SCC(=O)NCCC#N)nnc1-c1cccc(S(=O)(=O)N(CC)CC)c1. The number of benzene rings is 1. The van der Waals surface area contributed by atoms with Gasteiger partial charge in [0.2, 0.25) is 15.9 Å². The third kappa shape index (κ3) is 6.09. The lowest BCUT2D eigenvalue weighted by Crippen LogP contribution is -2.30. The molecule has 32 heavy (non-hydrogen) atoms. The molecular formula is C21H30N6O3S2. The van der Waals surface area contributed by atoms with Crippen molar-refractivity contribution < 1.29 is 13.2 Å². The van der Waals surface area contributed by atoms with Gasteiger partial charge >= 0.3 is 0 Å². The average Bonchev–Trinajstić information content (AvgIpc) is 3.22. The Morgan fingerprint density at radius 1 is 1.28 bits per heavy atom. The molecule has 2 aromatic rings. The van der Waals surface area contributed by atoms with Crippen molar-refractivity contribution in [3.8, 4) is 17.5 Å². The molecule has 1 amide bonds. The van der Waals surface area contributed by atoms with E-state index in [1.807, 2.05) is 44.4 Å². The lowest BCUT2D eigenvalue weighted by atomic mass is 10.2. The maximum atomic E-state index is 13.0. The van der Waals surface area contributed by atoms with Crippen LogP contribution in [0.15, 0.2) is 34.3 Å². The van der Waals surface area contributed by atoms with Crippen molar-refractivity contribution in [2.24, 2.45) is 0 Å². The largest absolute Gasteiger partial charge is 0.354 e. The molecular weight excluding hydrogens is 448 g/mol. The second-order valence-corrected chi connectivity index (χ2v) is 9.98. The van der Waals surface area contributed by atoms with E-state index in [2.05, 4.69) is 15.5 Å². The van der Waals surface area contributed by atoms with E-state index in [0.29, 0.717) is 36.2 Å². The molecule has 0 fully saturated rings. The van der Waals surface area contributed by atoms with Gasteiger partial charge in [-0.3, -0.25) is 9.36 Å². The molecule has 1 heterocycles. The fraction of sp³-hybridized carbons (Fsp3) is 0.524. The summed E-state index contributed by atoms with van der Waals surface area (Å²) >= 11 is 1.26.